The van der Waals surface area contributed by atoms with Crippen LogP contribution >= 0.6 is 0 Å². The minimum absolute atomic E-state index is 0.136. The van der Waals surface area contributed by atoms with Gasteiger partial charge in [0, 0.05) is 0 Å². The molecule has 12 heavy (non-hydrogen) atoms. The Morgan fingerprint density at radius 1 is 1.42 bits per heavy atom. The number of likely N-dealkylation sites (N-methyl/N-ethyl adjacent to an activating group) is 1. The summed E-state index contributed by atoms with van der Waals surface area (Å²) in [6, 6.07) is 0. The monoisotopic (exact) mass is 198 g/mol. The number of hydrogen-bond donors (Lipinski definition) is 1. The first kappa shape index (κ1) is 12.0. The van der Waals surface area contributed by atoms with Crippen molar-refractivity contribution in [3.05, 3.63) is 0 Å². The van der Waals surface area contributed by atoms with E-state index in [4.69, 9.17) is 9.29 Å². The second kappa shape index (κ2) is 5.60. The van der Waals surface area contributed by atoms with Crippen molar-refractivity contribution in [2.24, 2.45) is 0 Å². The van der Waals surface area contributed by atoms with E-state index in [1.54, 1.807) is 0 Å². The fourth-order valence-corrected chi connectivity index (χ4v) is 0.623. The molecule has 0 saturated heterocycles. The van der Waals surface area contributed by atoms with Gasteiger partial charge in [-0.1, -0.05) is 0 Å². The zero-order valence-electron chi connectivity index (χ0n) is 7.65. The van der Waals surface area contributed by atoms with Gasteiger partial charge in [0.2, 0.25) is 0 Å². The van der Waals surface area contributed by atoms with Crippen LogP contribution in [-0.4, -0.2) is 54.3 Å². The molecule has 0 rings (SSSR count). The SMILES string of the molecule is C[N+](C)(C)CCOCOS(=O)O. The largest absolute Gasteiger partial charge is 0.348 e. The maximum atomic E-state index is 9.96. The highest BCUT2D eigenvalue weighted by Crippen LogP contribution is 1.89. The Hall–Kier alpha value is -0.0100. The number of nitrogens with zero attached hydrogens (tertiary/aromatic N) is 1. The van der Waals surface area contributed by atoms with Crippen molar-refractivity contribution in [2.45, 2.75) is 0 Å². The number of hydrogen-bond acceptors (Lipinski definition) is 3. The fourth-order valence-electron chi connectivity index (χ4n) is 0.473. The molecule has 0 spiro atoms. The van der Waals surface area contributed by atoms with Gasteiger partial charge in [-0.2, -0.15) is 4.21 Å². The van der Waals surface area contributed by atoms with Gasteiger partial charge in [-0.05, 0) is 0 Å². The number of ether oxygens (including phenoxy) is 1. The molecule has 5 nitrogen and oxygen atoms in total. The van der Waals surface area contributed by atoms with Gasteiger partial charge in [0.25, 0.3) is 0 Å². The normalized spacial score (nSPS) is 14.7. The van der Waals surface area contributed by atoms with E-state index < -0.39 is 11.4 Å². The van der Waals surface area contributed by atoms with Crippen molar-refractivity contribution in [1.82, 2.24) is 0 Å². The van der Waals surface area contributed by atoms with Crippen molar-refractivity contribution in [2.75, 3.05) is 41.1 Å². The van der Waals surface area contributed by atoms with Crippen molar-refractivity contribution in [3.8, 4) is 0 Å². The Morgan fingerprint density at radius 3 is 2.42 bits per heavy atom. The van der Waals surface area contributed by atoms with Gasteiger partial charge in [0.15, 0.2) is 6.79 Å². The molecule has 1 atom stereocenters. The van der Waals surface area contributed by atoms with Crippen LogP contribution in [0, 0.1) is 0 Å². The lowest BCUT2D eigenvalue weighted by Crippen LogP contribution is -2.37. The highest BCUT2D eigenvalue weighted by Gasteiger charge is 2.05. The number of rotatable bonds is 6. The molecule has 0 aromatic rings. The molecule has 0 saturated carbocycles. The van der Waals surface area contributed by atoms with Crippen LogP contribution in [0.1, 0.15) is 0 Å². The van der Waals surface area contributed by atoms with E-state index in [2.05, 4.69) is 4.18 Å². The average molecular weight is 198 g/mol. The molecule has 0 aromatic heterocycles. The van der Waals surface area contributed by atoms with Crippen molar-refractivity contribution < 1.29 is 22.2 Å². The van der Waals surface area contributed by atoms with Crippen LogP contribution < -0.4 is 0 Å². The molecule has 0 aliphatic carbocycles. The van der Waals surface area contributed by atoms with E-state index in [0.29, 0.717) is 6.61 Å². The molecule has 0 fully saturated rings. The van der Waals surface area contributed by atoms with Gasteiger partial charge in [-0.25, -0.2) is 4.18 Å². The van der Waals surface area contributed by atoms with Gasteiger partial charge >= 0.3 is 11.4 Å². The minimum Gasteiger partial charge on any atom is -0.348 e. The van der Waals surface area contributed by atoms with Gasteiger partial charge in [-0.3, -0.25) is 4.55 Å². The van der Waals surface area contributed by atoms with Crippen LogP contribution in [0.15, 0.2) is 0 Å². The third-order valence-electron chi connectivity index (χ3n) is 1.14. The van der Waals surface area contributed by atoms with Crippen molar-refractivity contribution >= 4 is 11.4 Å². The third-order valence-corrected chi connectivity index (χ3v) is 1.44. The quantitative estimate of drug-likeness (QED) is 0.278. The molecule has 0 aromatic carbocycles. The Labute approximate surface area is 75.3 Å². The Balaban J connectivity index is 3.17. The Kier molecular flexibility index (Phi) is 5.60. The fraction of sp³-hybridized carbons (Fsp3) is 1.00. The second-order valence-corrected chi connectivity index (χ2v) is 4.04. The Morgan fingerprint density at radius 2 is 2.00 bits per heavy atom. The maximum Gasteiger partial charge on any atom is 0.304 e. The lowest BCUT2D eigenvalue weighted by molar-refractivity contribution is -0.870. The molecule has 0 heterocycles. The molecule has 74 valence electrons. The Bertz CT molecular complexity index is 145. The van der Waals surface area contributed by atoms with Crippen molar-refractivity contribution in [1.29, 1.82) is 0 Å². The predicted molar refractivity (Wildman–Crippen MR) is 45.6 cm³/mol. The first-order valence-electron chi connectivity index (χ1n) is 3.54. The van der Waals surface area contributed by atoms with Gasteiger partial charge < -0.3 is 9.22 Å². The highest BCUT2D eigenvalue weighted by atomic mass is 32.2. The van der Waals surface area contributed by atoms with Crippen LogP contribution in [0.3, 0.4) is 0 Å². The zero-order valence-corrected chi connectivity index (χ0v) is 8.47. The summed E-state index contributed by atoms with van der Waals surface area (Å²) in [6.45, 7) is 1.21. The van der Waals surface area contributed by atoms with E-state index in [0.717, 1.165) is 11.0 Å². The lowest BCUT2D eigenvalue weighted by atomic mass is 10.5. The molecule has 0 radical (unpaired) electrons. The number of quaternary nitrogens is 1. The predicted octanol–water partition coefficient (Wildman–Crippen LogP) is -0.180. The van der Waals surface area contributed by atoms with Gasteiger partial charge in [0.1, 0.15) is 6.54 Å². The maximum absolute atomic E-state index is 9.96. The highest BCUT2D eigenvalue weighted by molar-refractivity contribution is 7.74. The minimum atomic E-state index is -2.22. The van der Waals surface area contributed by atoms with E-state index in [1.165, 1.54) is 0 Å². The van der Waals surface area contributed by atoms with Crippen molar-refractivity contribution in [3.63, 3.8) is 0 Å². The van der Waals surface area contributed by atoms with Crippen LogP contribution in [0.4, 0.5) is 0 Å². The first-order valence-corrected chi connectivity index (χ1v) is 4.57. The van der Waals surface area contributed by atoms with Crippen LogP contribution in [0.2, 0.25) is 0 Å². The van der Waals surface area contributed by atoms with E-state index in [1.807, 2.05) is 21.1 Å². The molecule has 0 aliphatic rings. The summed E-state index contributed by atoms with van der Waals surface area (Å²) >= 11 is -2.22. The molecule has 0 amide bonds. The molecular formula is C6H16NO4S+. The summed E-state index contributed by atoms with van der Waals surface area (Å²) in [7, 11) is 6.11. The molecule has 1 N–H and O–H groups in total. The van der Waals surface area contributed by atoms with Gasteiger partial charge in [-0.15, -0.1) is 0 Å². The summed E-state index contributed by atoms with van der Waals surface area (Å²) in [5, 5.41) is 0. The summed E-state index contributed by atoms with van der Waals surface area (Å²) in [5.41, 5.74) is 0. The summed E-state index contributed by atoms with van der Waals surface area (Å²) in [4.78, 5) is 0. The van der Waals surface area contributed by atoms with Crippen LogP contribution in [-0.2, 0) is 20.3 Å². The second-order valence-electron chi connectivity index (χ2n) is 3.37. The lowest BCUT2D eigenvalue weighted by Gasteiger charge is -2.23. The molecule has 0 aliphatic heterocycles. The molecule has 6 heteroatoms. The summed E-state index contributed by atoms with van der Waals surface area (Å²) < 4.78 is 28.1. The summed E-state index contributed by atoms with van der Waals surface area (Å²) in [6.07, 6.45) is 0. The van der Waals surface area contributed by atoms with Crippen LogP contribution in [0.5, 0.6) is 0 Å². The summed E-state index contributed by atoms with van der Waals surface area (Å²) in [5.74, 6) is 0. The van der Waals surface area contributed by atoms with E-state index in [9.17, 15) is 4.21 Å². The van der Waals surface area contributed by atoms with E-state index in [-0.39, 0.29) is 6.79 Å². The zero-order chi connectivity index (χ0) is 9.61. The van der Waals surface area contributed by atoms with Gasteiger partial charge in [0.05, 0.1) is 27.7 Å². The van der Waals surface area contributed by atoms with Crippen LogP contribution in [0.25, 0.3) is 0 Å². The molecule has 1 unspecified atom stereocenters. The average Bonchev–Trinajstić information content (AvgIpc) is 1.83. The molecular weight excluding hydrogens is 182 g/mol. The molecule has 0 bridgehead atoms. The smallest absolute Gasteiger partial charge is 0.304 e. The third kappa shape index (κ3) is 9.99. The van der Waals surface area contributed by atoms with E-state index >= 15 is 0 Å². The standard InChI is InChI=1S/C6H15NO4S/c1-7(2,3)4-5-10-6-11-12(8)9/h4-6H2,1-3H3/p+1. The topological polar surface area (TPSA) is 55.8 Å². The first-order chi connectivity index (χ1) is 5.42.